The number of carbonyl (C=O) groups is 2. The molecule has 4 nitrogen and oxygen atoms in total. The lowest BCUT2D eigenvalue weighted by Crippen LogP contribution is -2.39. The molecule has 1 atom stereocenters. The molecule has 0 aromatic carbocycles. The predicted octanol–water partition coefficient (Wildman–Crippen LogP) is 0.715. The minimum absolute atomic E-state index is 0.00981. The Balaban J connectivity index is 2.23. The minimum atomic E-state index is -0.0971. The number of carbonyl (C=O) groups excluding carboxylic acids is 2. The lowest BCUT2D eigenvalue weighted by molar-refractivity contribution is -0.119. The van der Waals surface area contributed by atoms with Crippen LogP contribution in [0, 0.1) is 0 Å². The van der Waals surface area contributed by atoms with Gasteiger partial charge in [-0.2, -0.15) is 0 Å². The second kappa shape index (κ2) is 3.81. The Labute approximate surface area is 87.7 Å². The highest BCUT2D eigenvalue weighted by atomic mass is 16.1. The summed E-state index contributed by atoms with van der Waals surface area (Å²) in [6, 6.07) is 3.61. The number of amides is 1. The van der Waals surface area contributed by atoms with Crippen LogP contribution >= 0.6 is 0 Å². The van der Waals surface area contributed by atoms with Crippen LogP contribution in [0.3, 0.4) is 0 Å². The van der Waals surface area contributed by atoms with E-state index >= 15 is 0 Å². The van der Waals surface area contributed by atoms with Crippen LogP contribution in [0.15, 0.2) is 18.3 Å². The summed E-state index contributed by atoms with van der Waals surface area (Å²) in [5.74, 6) is -0.0873. The van der Waals surface area contributed by atoms with Crippen LogP contribution in [-0.2, 0) is 11.2 Å². The summed E-state index contributed by atoms with van der Waals surface area (Å²) in [5, 5.41) is 2.77. The Morgan fingerprint density at radius 2 is 2.33 bits per heavy atom. The number of rotatable bonds is 1. The molecule has 1 heterocycles. The molecule has 0 spiro atoms. The molecule has 4 heteroatoms. The van der Waals surface area contributed by atoms with Crippen LogP contribution in [0.2, 0.25) is 0 Å². The molecular weight excluding hydrogens is 192 g/mol. The number of hydrogen-bond acceptors (Lipinski definition) is 3. The normalized spacial score (nSPS) is 19.5. The molecule has 1 aromatic heterocycles. The van der Waals surface area contributed by atoms with E-state index in [2.05, 4.69) is 10.3 Å². The number of hydrogen-bond donors (Lipinski definition) is 1. The monoisotopic (exact) mass is 204 g/mol. The van der Waals surface area contributed by atoms with Crippen molar-refractivity contribution >= 4 is 11.7 Å². The van der Waals surface area contributed by atoms with Crippen molar-refractivity contribution in [1.82, 2.24) is 10.3 Å². The summed E-state index contributed by atoms with van der Waals surface area (Å²) in [5.41, 5.74) is 1.48. The first-order valence-corrected chi connectivity index (χ1v) is 4.91. The molecule has 0 saturated heterocycles. The molecule has 0 saturated carbocycles. The molecule has 1 aliphatic rings. The van der Waals surface area contributed by atoms with E-state index in [1.165, 1.54) is 6.92 Å². The Kier molecular flexibility index (Phi) is 2.49. The maximum absolute atomic E-state index is 11.7. The number of fused-ring (bicyclic) bond motifs is 1. The topological polar surface area (TPSA) is 59.1 Å². The predicted molar refractivity (Wildman–Crippen MR) is 54.5 cm³/mol. The van der Waals surface area contributed by atoms with Crippen molar-refractivity contribution in [2.75, 3.05) is 0 Å². The average Bonchev–Trinajstić information content (AvgIpc) is 2.16. The van der Waals surface area contributed by atoms with Gasteiger partial charge in [-0.25, -0.2) is 0 Å². The molecule has 0 aliphatic heterocycles. The number of nitrogens with one attached hydrogen (secondary N) is 1. The van der Waals surface area contributed by atoms with Crippen molar-refractivity contribution in [2.24, 2.45) is 0 Å². The highest BCUT2D eigenvalue weighted by molar-refractivity contribution is 5.97. The number of pyridine rings is 1. The van der Waals surface area contributed by atoms with Crippen molar-refractivity contribution in [1.29, 1.82) is 0 Å². The van der Waals surface area contributed by atoms with Crippen LogP contribution in [0.1, 0.15) is 29.4 Å². The Bertz CT molecular complexity index is 415. The maximum Gasteiger partial charge on any atom is 0.217 e. The van der Waals surface area contributed by atoms with Gasteiger partial charge in [0.1, 0.15) is 5.69 Å². The fourth-order valence-electron chi connectivity index (χ4n) is 1.90. The molecule has 1 aromatic rings. The summed E-state index contributed by atoms with van der Waals surface area (Å²) < 4.78 is 0. The molecule has 15 heavy (non-hydrogen) atoms. The van der Waals surface area contributed by atoms with Crippen LogP contribution < -0.4 is 5.32 Å². The largest absolute Gasteiger partial charge is 0.353 e. The summed E-state index contributed by atoms with van der Waals surface area (Å²) in [7, 11) is 0. The third kappa shape index (κ3) is 2.03. The molecular formula is C11H12N2O2. The lowest BCUT2D eigenvalue weighted by Gasteiger charge is -2.22. The van der Waals surface area contributed by atoms with Gasteiger partial charge in [0.2, 0.25) is 5.91 Å². The molecule has 1 aliphatic carbocycles. The zero-order chi connectivity index (χ0) is 10.8. The summed E-state index contributed by atoms with van der Waals surface area (Å²) >= 11 is 0. The van der Waals surface area contributed by atoms with Gasteiger partial charge in [-0.05, 0) is 18.1 Å². The van der Waals surface area contributed by atoms with Gasteiger partial charge in [-0.3, -0.25) is 14.6 Å². The van der Waals surface area contributed by atoms with Crippen molar-refractivity contribution in [3.8, 4) is 0 Å². The molecule has 0 fully saturated rings. The Hall–Kier alpha value is -1.71. The molecule has 78 valence electrons. The van der Waals surface area contributed by atoms with Crippen molar-refractivity contribution in [2.45, 2.75) is 25.8 Å². The van der Waals surface area contributed by atoms with E-state index < -0.39 is 0 Å². The highest BCUT2D eigenvalue weighted by Crippen LogP contribution is 2.18. The fraction of sp³-hybridized carbons (Fsp3) is 0.364. The highest BCUT2D eigenvalue weighted by Gasteiger charge is 2.25. The summed E-state index contributed by atoms with van der Waals surface area (Å²) in [6.07, 6.45) is 2.66. The molecule has 0 radical (unpaired) electrons. The lowest BCUT2D eigenvalue weighted by atomic mass is 9.91. The first-order chi connectivity index (χ1) is 7.16. The third-order valence-electron chi connectivity index (χ3n) is 2.46. The van der Waals surface area contributed by atoms with Crippen molar-refractivity contribution in [3.63, 3.8) is 0 Å². The van der Waals surface area contributed by atoms with Crippen LogP contribution in [0.4, 0.5) is 0 Å². The summed E-state index contributed by atoms with van der Waals surface area (Å²) in [6.45, 7) is 1.46. The molecule has 0 bridgehead atoms. The van der Waals surface area contributed by atoms with Crippen LogP contribution in [0.5, 0.6) is 0 Å². The van der Waals surface area contributed by atoms with Gasteiger partial charge < -0.3 is 5.32 Å². The molecule has 1 amide bonds. The van der Waals surface area contributed by atoms with E-state index in [1.54, 1.807) is 6.20 Å². The van der Waals surface area contributed by atoms with Gasteiger partial charge in [0, 0.05) is 25.6 Å². The minimum Gasteiger partial charge on any atom is -0.353 e. The zero-order valence-corrected chi connectivity index (χ0v) is 8.49. The van der Waals surface area contributed by atoms with Gasteiger partial charge in [0.25, 0.3) is 0 Å². The van der Waals surface area contributed by atoms with Crippen molar-refractivity contribution in [3.05, 3.63) is 29.6 Å². The average molecular weight is 204 g/mol. The van der Waals surface area contributed by atoms with Crippen LogP contribution in [0.25, 0.3) is 0 Å². The number of aromatic nitrogens is 1. The van der Waals surface area contributed by atoms with Gasteiger partial charge in [-0.1, -0.05) is 6.07 Å². The van der Waals surface area contributed by atoms with Gasteiger partial charge in [0.15, 0.2) is 5.78 Å². The Morgan fingerprint density at radius 3 is 3.07 bits per heavy atom. The third-order valence-corrected chi connectivity index (χ3v) is 2.46. The van der Waals surface area contributed by atoms with E-state index in [0.29, 0.717) is 18.5 Å². The smallest absolute Gasteiger partial charge is 0.217 e. The first-order valence-electron chi connectivity index (χ1n) is 4.91. The zero-order valence-electron chi connectivity index (χ0n) is 8.49. The standard InChI is InChI=1S/C11H12N2O2/c1-7(14)13-9-5-8-3-2-4-12-11(8)10(15)6-9/h2-4,9H,5-6H2,1H3,(H,13,14). The van der Waals surface area contributed by atoms with E-state index in [4.69, 9.17) is 0 Å². The maximum atomic E-state index is 11.7. The van der Waals surface area contributed by atoms with E-state index in [9.17, 15) is 9.59 Å². The number of ketones is 1. The molecule has 1 N–H and O–H groups in total. The van der Waals surface area contributed by atoms with Gasteiger partial charge >= 0.3 is 0 Å². The summed E-state index contributed by atoms with van der Waals surface area (Å²) in [4.78, 5) is 26.6. The van der Waals surface area contributed by atoms with Gasteiger partial charge in [-0.15, -0.1) is 0 Å². The molecule has 1 unspecified atom stereocenters. The number of Topliss-reactive ketones (excluding diaryl/α,β-unsaturated/α-hetero) is 1. The van der Waals surface area contributed by atoms with E-state index in [-0.39, 0.29) is 17.7 Å². The number of nitrogens with zero attached hydrogens (tertiary/aromatic N) is 1. The van der Waals surface area contributed by atoms with Crippen molar-refractivity contribution < 1.29 is 9.59 Å². The van der Waals surface area contributed by atoms with Crippen LogP contribution in [-0.4, -0.2) is 22.7 Å². The fourth-order valence-corrected chi connectivity index (χ4v) is 1.90. The van der Waals surface area contributed by atoms with E-state index in [0.717, 1.165) is 5.56 Å². The Morgan fingerprint density at radius 1 is 1.53 bits per heavy atom. The quantitative estimate of drug-likeness (QED) is 0.733. The molecule has 2 rings (SSSR count). The SMILES string of the molecule is CC(=O)NC1CC(=O)c2ncccc2C1. The van der Waals surface area contributed by atoms with E-state index in [1.807, 2.05) is 12.1 Å². The first kappa shape index (κ1) is 9.83. The van der Waals surface area contributed by atoms with Gasteiger partial charge in [0.05, 0.1) is 0 Å². The second-order valence-corrected chi connectivity index (χ2v) is 3.74. The second-order valence-electron chi connectivity index (χ2n) is 3.74.